The van der Waals surface area contributed by atoms with Crippen LogP contribution in [0.2, 0.25) is 0 Å². The Kier molecular flexibility index (Phi) is 5.36. The van der Waals surface area contributed by atoms with Crippen LogP contribution in [0.15, 0.2) is 0 Å². The summed E-state index contributed by atoms with van der Waals surface area (Å²) in [6.07, 6.45) is 10.0. The van der Waals surface area contributed by atoms with E-state index >= 15 is 0 Å². The maximum absolute atomic E-state index is 5.62. The highest BCUT2D eigenvalue weighted by molar-refractivity contribution is 4.91. The molecule has 0 aromatic carbocycles. The van der Waals surface area contributed by atoms with Gasteiger partial charge >= 0.3 is 0 Å². The fourth-order valence-electron chi connectivity index (χ4n) is 4.72. The molecule has 3 rings (SSSR count). The summed E-state index contributed by atoms with van der Waals surface area (Å²) in [6.45, 7) is 7.85. The van der Waals surface area contributed by atoms with E-state index in [0.29, 0.717) is 6.04 Å². The Labute approximate surface area is 124 Å². The summed E-state index contributed by atoms with van der Waals surface area (Å²) in [5.41, 5.74) is 0. The van der Waals surface area contributed by atoms with E-state index in [9.17, 15) is 0 Å². The Hall–Kier alpha value is -0.120. The summed E-state index contributed by atoms with van der Waals surface area (Å²) in [6, 6.07) is 1.53. The quantitative estimate of drug-likeness (QED) is 0.838. The molecule has 0 radical (unpaired) electrons. The third-order valence-corrected chi connectivity index (χ3v) is 5.79. The zero-order valence-corrected chi connectivity index (χ0v) is 13.2. The van der Waals surface area contributed by atoms with Gasteiger partial charge in [0.25, 0.3) is 0 Å². The Bertz CT molecular complexity index is 289. The second-order valence-electron chi connectivity index (χ2n) is 7.04. The van der Waals surface area contributed by atoms with E-state index in [0.717, 1.165) is 37.6 Å². The van der Waals surface area contributed by atoms with E-state index in [4.69, 9.17) is 4.74 Å². The van der Waals surface area contributed by atoms with Crippen LogP contribution in [-0.2, 0) is 4.74 Å². The van der Waals surface area contributed by atoms with Crippen LogP contribution in [0, 0.1) is 11.8 Å². The van der Waals surface area contributed by atoms with Crippen molar-refractivity contribution < 1.29 is 4.74 Å². The minimum Gasteiger partial charge on any atom is -0.381 e. The van der Waals surface area contributed by atoms with Gasteiger partial charge in [0, 0.05) is 31.2 Å². The van der Waals surface area contributed by atoms with Crippen LogP contribution in [0.3, 0.4) is 0 Å². The second kappa shape index (κ2) is 7.24. The fourth-order valence-corrected chi connectivity index (χ4v) is 4.72. The summed E-state index contributed by atoms with van der Waals surface area (Å²) in [4.78, 5) is 2.83. The molecule has 4 unspecified atom stereocenters. The average molecular weight is 280 g/mol. The molecular weight excluding hydrogens is 248 g/mol. The summed E-state index contributed by atoms with van der Waals surface area (Å²) in [7, 11) is 0. The first kappa shape index (κ1) is 14.8. The smallest absolute Gasteiger partial charge is 0.0510 e. The lowest BCUT2D eigenvalue weighted by Crippen LogP contribution is -2.53. The molecule has 4 atom stereocenters. The van der Waals surface area contributed by atoms with Crippen molar-refractivity contribution in [2.75, 3.05) is 32.8 Å². The van der Waals surface area contributed by atoms with E-state index in [2.05, 4.69) is 17.1 Å². The maximum Gasteiger partial charge on any atom is 0.0510 e. The number of piperidine rings is 1. The van der Waals surface area contributed by atoms with Crippen molar-refractivity contribution in [1.82, 2.24) is 10.2 Å². The van der Waals surface area contributed by atoms with Crippen molar-refractivity contribution >= 4 is 0 Å². The van der Waals surface area contributed by atoms with Gasteiger partial charge in [-0.25, -0.2) is 0 Å². The van der Waals surface area contributed by atoms with Gasteiger partial charge in [-0.2, -0.15) is 0 Å². The van der Waals surface area contributed by atoms with E-state index in [1.54, 1.807) is 0 Å². The van der Waals surface area contributed by atoms with Crippen molar-refractivity contribution in [2.45, 2.75) is 64.0 Å². The van der Waals surface area contributed by atoms with Crippen LogP contribution in [0.4, 0.5) is 0 Å². The van der Waals surface area contributed by atoms with Crippen molar-refractivity contribution in [3.63, 3.8) is 0 Å². The average Bonchev–Trinajstić information content (AvgIpc) is 3.01. The SMILES string of the molecule is CCNC(CN1CCCC2CCCCC21)C1CCOC1. The van der Waals surface area contributed by atoms with Gasteiger partial charge < -0.3 is 10.1 Å². The summed E-state index contributed by atoms with van der Waals surface area (Å²) in [5.74, 6) is 1.73. The minimum absolute atomic E-state index is 0.642. The lowest BCUT2D eigenvalue weighted by Gasteiger charge is -2.46. The molecule has 20 heavy (non-hydrogen) atoms. The number of ether oxygens (including phenoxy) is 1. The first-order chi connectivity index (χ1) is 9.88. The first-order valence-electron chi connectivity index (χ1n) is 8.93. The van der Waals surface area contributed by atoms with Crippen LogP contribution < -0.4 is 5.32 Å². The predicted molar refractivity (Wildman–Crippen MR) is 82.9 cm³/mol. The van der Waals surface area contributed by atoms with Gasteiger partial charge in [-0.1, -0.05) is 19.8 Å². The highest BCUT2D eigenvalue weighted by Crippen LogP contribution is 2.35. The molecule has 2 heterocycles. The highest BCUT2D eigenvalue weighted by atomic mass is 16.5. The van der Waals surface area contributed by atoms with Crippen LogP contribution in [0.25, 0.3) is 0 Å². The normalized spacial score (nSPS) is 36.8. The van der Waals surface area contributed by atoms with Crippen LogP contribution >= 0.6 is 0 Å². The Morgan fingerprint density at radius 2 is 2.00 bits per heavy atom. The highest BCUT2D eigenvalue weighted by Gasteiger charge is 2.35. The summed E-state index contributed by atoms with van der Waals surface area (Å²) in [5, 5.41) is 3.75. The van der Waals surface area contributed by atoms with Crippen molar-refractivity contribution in [3.05, 3.63) is 0 Å². The van der Waals surface area contributed by atoms with Crippen LogP contribution in [0.1, 0.15) is 51.9 Å². The lowest BCUT2D eigenvalue weighted by molar-refractivity contribution is 0.0455. The number of likely N-dealkylation sites (N-methyl/N-ethyl adjacent to an activating group) is 1. The standard InChI is InChI=1S/C17H32N2O/c1-2-18-16(15-9-11-20-13-15)12-19-10-5-7-14-6-3-4-8-17(14)19/h14-18H,2-13H2,1H3. The zero-order valence-electron chi connectivity index (χ0n) is 13.2. The molecule has 0 bridgehead atoms. The molecule has 116 valence electrons. The van der Waals surface area contributed by atoms with Crippen molar-refractivity contribution in [1.29, 1.82) is 0 Å². The number of fused-ring (bicyclic) bond motifs is 1. The molecule has 1 N–H and O–H groups in total. The van der Waals surface area contributed by atoms with Gasteiger partial charge in [0.15, 0.2) is 0 Å². The molecule has 0 aromatic rings. The van der Waals surface area contributed by atoms with Gasteiger partial charge in [0.1, 0.15) is 0 Å². The number of nitrogens with zero attached hydrogens (tertiary/aromatic N) is 1. The summed E-state index contributed by atoms with van der Waals surface area (Å²) >= 11 is 0. The molecule has 0 aromatic heterocycles. The number of hydrogen-bond donors (Lipinski definition) is 1. The Morgan fingerprint density at radius 1 is 1.15 bits per heavy atom. The number of hydrogen-bond acceptors (Lipinski definition) is 3. The van der Waals surface area contributed by atoms with E-state index in [1.165, 1.54) is 58.0 Å². The second-order valence-corrected chi connectivity index (χ2v) is 7.04. The fraction of sp³-hybridized carbons (Fsp3) is 1.00. The molecule has 2 aliphatic heterocycles. The minimum atomic E-state index is 0.642. The molecule has 3 fully saturated rings. The molecule has 0 amide bonds. The van der Waals surface area contributed by atoms with E-state index in [-0.39, 0.29) is 0 Å². The van der Waals surface area contributed by atoms with Crippen molar-refractivity contribution in [2.24, 2.45) is 11.8 Å². The molecule has 1 aliphatic carbocycles. The monoisotopic (exact) mass is 280 g/mol. The van der Waals surface area contributed by atoms with Gasteiger partial charge in [-0.3, -0.25) is 4.90 Å². The van der Waals surface area contributed by atoms with Crippen molar-refractivity contribution in [3.8, 4) is 0 Å². The number of likely N-dealkylation sites (tertiary alicyclic amines) is 1. The molecule has 2 saturated heterocycles. The third kappa shape index (κ3) is 3.37. The third-order valence-electron chi connectivity index (χ3n) is 5.79. The van der Waals surface area contributed by atoms with Gasteiger partial charge in [-0.05, 0) is 51.1 Å². The Balaban J connectivity index is 1.60. The molecule has 3 aliphatic rings. The van der Waals surface area contributed by atoms with Gasteiger partial charge in [0.2, 0.25) is 0 Å². The first-order valence-corrected chi connectivity index (χ1v) is 8.93. The summed E-state index contributed by atoms with van der Waals surface area (Å²) < 4.78 is 5.62. The van der Waals surface area contributed by atoms with Gasteiger partial charge in [0.05, 0.1) is 6.61 Å². The lowest BCUT2D eigenvalue weighted by atomic mass is 9.78. The zero-order chi connectivity index (χ0) is 13.8. The molecule has 3 heteroatoms. The topological polar surface area (TPSA) is 24.5 Å². The molecule has 0 spiro atoms. The predicted octanol–water partition coefficient (Wildman–Crippen LogP) is 2.66. The van der Waals surface area contributed by atoms with Crippen LogP contribution in [0.5, 0.6) is 0 Å². The van der Waals surface area contributed by atoms with Gasteiger partial charge in [-0.15, -0.1) is 0 Å². The molecular formula is C17H32N2O. The Morgan fingerprint density at radius 3 is 2.80 bits per heavy atom. The van der Waals surface area contributed by atoms with E-state index in [1.807, 2.05) is 0 Å². The largest absolute Gasteiger partial charge is 0.381 e. The number of nitrogens with one attached hydrogen (secondary N) is 1. The maximum atomic E-state index is 5.62. The molecule has 1 saturated carbocycles. The molecule has 3 nitrogen and oxygen atoms in total. The van der Waals surface area contributed by atoms with Crippen LogP contribution in [-0.4, -0.2) is 49.8 Å². The number of rotatable bonds is 5. The van der Waals surface area contributed by atoms with E-state index < -0.39 is 0 Å².